The molecule has 0 amide bonds. The fraction of sp³-hybridized carbons (Fsp3) is 0.300. The summed E-state index contributed by atoms with van der Waals surface area (Å²) in [6, 6.07) is 5.52. The van der Waals surface area contributed by atoms with Gasteiger partial charge < -0.3 is 11.1 Å². The number of halogens is 2. The quantitative estimate of drug-likeness (QED) is 0.796. The largest absolute Gasteiger partial charge is 0.370 e. The normalized spacial score (nSPS) is 20.7. The van der Waals surface area contributed by atoms with Crippen LogP contribution in [0.2, 0.25) is 10.0 Å². The Morgan fingerprint density at radius 3 is 2.53 bits per heavy atom. The summed E-state index contributed by atoms with van der Waals surface area (Å²) in [6.07, 6.45) is 0.900. The zero-order chi connectivity index (χ0) is 10.8. The third-order valence-corrected chi connectivity index (χ3v) is 2.72. The predicted octanol–water partition coefficient (Wildman–Crippen LogP) is 2.34. The van der Waals surface area contributed by atoms with Crippen molar-refractivity contribution in [2.75, 3.05) is 6.54 Å². The standard InChI is InChI=1S/C10H11Cl2N3/c11-7-3-6(4-8(12)5-7)9-1-2-14-10(13)15-9/h3-5,9H,1-2H2,(H3,13,14,15). The summed E-state index contributed by atoms with van der Waals surface area (Å²) in [5.41, 5.74) is 6.62. The van der Waals surface area contributed by atoms with E-state index in [0.29, 0.717) is 16.0 Å². The van der Waals surface area contributed by atoms with Crippen LogP contribution in [0.15, 0.2) is 23.2 Å². The third-order valence-electron chi connectivity index (χ3n) is 2.29. The second-order valence-corrected chi connectivity index (χ2v) is 4.32. The Balaban J connectivity index is 2.32. The van der Waals surface area contributed by atoms with Crippen LogP contribution in [0.1, 0.15) is 18.0 Å². The van der Waals surface area contributed by atoms with E-state index in [1.54, 1.807) is 6.07 Å². The highest BCUT2D eigenvalue weighted by Crippen LogP contribution is 2.28. The SMILES string of the molecule is NC1=NC(c2cc(Cl)cc(Cl)c2)CCN1. The molecule has 0 bridgehead atoms. The lowest BCUT2D eigenvalue weighted by Gasteiger charge is -2.20. The lowest BCUT2D eigenvalue weighted by atomic mass is 10.0. The van der Waals surface area contributed by atoms with Crippen LogP contribution in [-0.4, -0.2) is 12.5 Å². The van der Waals surface area contributed by atoms with Gasteiger partial charge in [-0.1, -0.05) is 23.2 Å². The van der Waals surface area contributed by atoms with E-state index in [-0.39, 0.29) is 6.04 Å². The number of guanidine groups is 1. The van der Waals surface area contributed by atoms with Gasteiger partial charge in [0.25, 0.3) is 0 Å². The Hall–Kier alpha value is -0.930. The maximum absolute atomic E-state index is 5.93. The van der Waals surface area contributed by atoms with Crippen molar-refractivity contribution in [1.82, 2.24) is 5.32 Å². The average molecular weight is 244 g/mol. The minimum atomic E-state index is 0.0578. The molecule has 15 heavy (non-hydrogen) atoms. The molecule has 0 aliphatic carbocycles. The number of aliphatic imine (C=N–C) groups is 1. The Morgan fingerprint density at radius 2 is 1.93 bits per heavy atom. The van der Waals surface area contributed by atoms with Crippen molar-refractivity contribution in [2.45, 2.75) is 12.5 Å². The van der Waals surface area contributed by atoms with E-state index in [2.05, 4.69) is 10.3 Å². The van der Waals surface area contributed by atoms with Crippen molar-refractivity contribution < 1.29 is 0 Å². The highest BCUT2D eigenvalue weighted by Gasteiger charge is 2.15. The van der Waals surface area contributed by atoms with Crippen LogP contribution in [0.3, 0.4) is 0 Å². The summed E-state index contributed by atoms with van der Waals surface area (Å²) >= 11 is 11.9. The zero-order valence-electron chi connectivity index (χ0n) is 8.00. The highest BCUT2D eigenvalue weighted by atomic mass is 35.5. The molecule has 1 aliphatic rings. The number of benzene rings is 1. The van der Waals surface area contributed by atoms with E-state index in [1.807, 2.05) is 12.1 Å². The fourth-order valence-corrected chi connectivity index (χ4v) is 2.17. The number of rotatable bonds is 1. The lowest BCUT2D eigenvalue weighted by Crippen LogP contribution is -2.36. The van der Waals surface area contributed by atoms with E-state index < -0.39 is 0 Å². The summed E-state index contributed by atoms with van der Waals surface area (Å²) in [5.74, 6) is 0.474. The van der Waals surface area contributed by atoms with Gasteiger partial charge in [-0.2, -0.15) is 0 Å². The van der Waals surface area contributed by atoms with Crippen molar-refractivity contribution in [3.05, 3.63) is 33.8 Å². The molecule has 0 aromatic heterocycles. The van der Waals surface area contributed by atoms with Crippen molar-refractivity contribution in [3.63, 3.8) is 0 Å². The second kappa shape index (κ2) is 4.29. The van der Waals surface area contributed by atoms with E-state index >= 15 is 0 Å². The van der Waals surface area contributed by atoms with Gasteiger partial charge in [-0.05, 0) is 30.2 Å². The molecule has 1 aliphatic heterocycles. The lowest BCUT2D eigenvalue weighted by molar-refractivity contribution is 0.601. The van der Waals surface area contributed by atoms with Crippen LogP contribution >= 0.6 is 23.2 Å². The first-order valence-corrected chi connectivity index (χ1v) is 5.44. The molecule has 1 atom stereocenters. The maximum atomic E-state index is 5.93. The van der Waals surface area contributed by atoms with Gasteiger partial charge in [0.15, 0.2) is 5.96 Å². The van der Waals surface area contributed by atoms with Gasteiger partial charge in [0.05, 0.1) is 6.04 Å². The van der Waals surface area contributed by atoms with Crippen molar-refractivity contribution in [3.8, 4) is 0 Å². The Labute approximate surface area is 98.3 Å². The van der Waals surface area contributed by atoms with Crippen LogP contribution in [0.4, 0.5) is 0 Å². The summed E-state index contributed by atoms with van der Waals surface area (Å²) in [4.78, 5) is 4.30. The van der Waals surface area contributed by atoms with E-state index in [1.165, 1.54) is 0 Å². The molecule has 3 N–H and O–H groups in total. The molecule has 3 nitrogen and oxygen atoms in total. The van der Waals surface area contributed by atoms with Gasteiger partial charge in [-0.15, -0.1) is 0 Å². The summed E-state index contributed by atoms with van der Waals surface area (Å²) in [5, 5.41) is 4.23. The van der Waals surface area contributed by atoms with Gasteiger partial charge >= 0.3 is 0 Å². The van der Waals surface area contributed by atoms with Crippen LogP contribution in [-0.2, 0) is 0 Å². The average Bonchev–Trinajstić information content (AvgIpc) is 2.16. The van der Waals surface area contributed by atoms with Gasteiger partial charge in [0.2, 0.25) is 0 Å². The molecule has 0 radical (unpaired) electrons. The first-order chi connectivity index (χ1) is 7.15. The molecule has 80 valence electrons. The molecule has 5 heteroatoms. The minimum Gasteiger partial charge on any atom is -0.370 e. The number of nitrogens with one attached hydrogen (secondary N) is 1. The number of hydrogen-bond donors (Lipinski definition) is 2. The second-order valence-electron chi connectivity index (χ2n) is 3.45. The molecule has 0 fully saturated rings. The summed E-state index contributed by atoms with van der Waals surface area (Å²) < 4.78 is 0. The van der Waals surface area contributed by atoms with Gasteiger partial charge in [-0.25, -0.2) is 4.99 Å². The molecular weight excluding hydrogens is 233 g/mol. The van der Waals surface area contributed by atoms with Crippen LogP contribution in [0.25, 0.3) is 0 Å². The Kier molecular flexibility index (Phi) is 3.03. The molecule has 1 aromatic carbocycles. The molecule has 1 aromatic rings. The van der Waals surface area contributed by atoms with Gasteiger partial charge in [0, 0.05) is 16.6 Å². The number of hydrogen-bond acceptors (Lipinski definition) is 3. The van der Waals surface area contributed by atoms with Gasteiger partial charge in [-0.3, -0.25) is 0 Å². The van der Waals surface area contributed by atoms with E-state index in [0.717, 1.165) is 18.5 Å². The molecule has 2 rings (SSSR count). The molecule has 0 saturated heterocycles. The zero-order valence-corrected chi connectivity index (χ0v) is 9.52. The summed E-state index contributed by atoms with van der Waals surface area (Å²) in [7, 11) is 0. The molecule has 1 unspecified atom stereocenters. The molecular formula is C10H11Cl2N3. The highest BCUT2D eigenvalue weighted by molar-refractivity contribution is 6.34. The van der Waals surface area contributed by atoms with Crippen LogP contribution < -0.4 is 11.1 Å². The Morgan fingerprint density at radius 1 is 1.27 bits per heavy atom. The monoisotopic (exact) mass is 243 g/mol. The van der Waals surface area contributed by atoms with Crippen molar-refractivity contribution in [2.24, 2.45) is 10.7 Å². The first-order valence-electron chi connectivity index (χ1n) is 4.68. The van der Waals surface area contributed by atoms with Crippen LogP contribution in [0, 0.1) is 0 Å². The van der Waals surface area contributed by atoms with E-state index in [4.69, 9.17) is 28.9 Å². The van der Waals surface area contributed by atoms with Gasteiger partial charge in [0.1, 0.15) is 0 Å². The molecule has 1 heterocycles. The number of nitrogens with two attached hydrogens (primary N) is 1. The Bertz CT molecular complexity index is 383. The topological polar surface area (TPSA) is 50.4 Å². The van der Waals surface area contributed by atoms with Crippen molar-refractivity contribution in [1.29, 1.82) is 0 Å². The fourth-order valence-electron chi connectivity index (χ4n) is 1.62. The first kappa shape index (κ1) is 10.6. The predicted molar refractivity (Wildman–Crippen MR) is 63.4 cm³/mol. The third kappa shape index (κ3) is 2.55. The smallest absolute Gasteiger partial charge is 0.189 e. The van der Waals surface area contributed by atoms with Crippen LogP contribution in [0.5, 0.6) is 0 Å². The minimum absolute atomic E-state index is 0.0578. The molecule has 0 spiro atoms. The summed E-state index contributed by atoms with van der Waals surface area (Å²) in [6.45, 7) is 0.824. The number of nitrogens with zero attached hydrogens (tertiary/aromatic N) is 1. The maximum Gasteiger partial charge on any atom is 0.189 e. The van der Waals surface area contributed by atoms with Crippen molar-refractivity contribution >= 4 is 29.2 Å². The molecule has 0 saturated carbocycles. The van der Waals surface area contributed by atoms with E-state index in [9.17, 15) is 0 Å².